The van der Waals surface area contributed by atoms with Crippen molar-refractivity contribution in [2.75, 3.05) is 0 Å². The molecule has 3 rings (SSSR count). The number of allylic oxidation sites excluding steroid dienone is 4. The molecule has 1 fully saturated rings. The normalized spacial score (nSPS) is 29.4. The van der Waals surface area contributed by atoms with Gasteiger partial charge in [0, 0.05) is 0 Å². The van der Waals surface area contributed by atoms with E-state index in [9.17, 15) is 0 Å². The van der Waals surface area contributed by atoms with Gasteiger partial charge in [-0.3, -0.25) is 0 Å². The largest absolute Gasteiger partial charge is 0.0771 e. The van der Waals surface area contributed by atoms with Crippen molar-refractivity contribution < 1.29 is 0 Å². The summed E-state index contributed by atoms with van der Waals surface area (Å²) in [6, 6.07) is 10.9. The monoisotopic (exact) mass is 336 g/mol. The molecular formula is C25H36. The van der Waals surface area contributed by atoms with Crippen LogP contribution in [0.4, 0.5) is 0 Å². The Balaban J connectivity index is 1.59. The highest BCUT2D eigenvalue weighted by atomic mass is 14.4. The predicted molar refractivity (Wildman–Crippen MR) is 110 cm³/mol. The van der Waals surface area contributed by atoms with Gasteiger partial charge in [0.1, 0.15) is 0 Å². The van der Waals surface area contributed by atoms with Gasteiger partial charge in [-0.05, 0) is 54.1 Å². The minimum absolute atomic E-state index is 0.423. The summed E-state index contributed by atoms with van der Waals surface area (Å²) in [5.41, 5.74) is 3.20. The quantitative estimate of drug-likeness (QED) is 0.445. The van der Waals surface area contributed by atoms with Crippen LogP contribution < -0.4 is 0 Å². The lowest BCUT2D eigenvalue weighted by atomic mass is 9.62. The molecule has 0 spiro atoms. The lowest BCUT2D eigenvalue weighted by molar-refractivity contribution is 0.135. The maximum Gasteiger partial charge on any atom is -0.00545 e. The van der Waals surface area contributed by atoms with Gasteiger partial charge in [0.15, 0.2) is 0 Å². The molecule has 0 saturated heterocycles. The maximum atomic E-state index is 2.58. The Bertz CT molecular complexity index is 571. The molecule has 2 aliphatic carbocycles. The van der Waals surface area contributed by atoms with Crippen molar-refractivity contribution >= 4 is 5.57 Å². The number of rotatable bonds is 7. The summed E-state index contributed by atoms with van der Waals surface area (Å²) in [6.07, 6.45) is 21.6. The fourth-order valence-corrected chi connectivity index (χ4v) is 5.10. The molecule has 0 amide bonds. The molecule has 1 atom stereocenters. The predicted octanol–water partition coefficient (Wildman–Crippen LogP) is 7.81. The lowest BCUT2D eigenvalue weighted by Crippen LogP contribution is -2.32. The van der Waals surface area contributed by atoms with Crippen LogP contribution in [0.15, 0.2) is 48.6 Å². The van der Waals surface area contributed by atoms with Gasteiger partial charge in [0.2, 0.25) is 0 Å². The van der Waals surface area contributed by atoms with Gasteiger partial charge >= 0.3 is 0 Å². The molecule has 0 heteroatoms. The van der Waals surface area contributed by atoms with Gasteiger partial charge in [0.25, 0.3) is 0 Å². The van der Waals surface area contributed by atoms with Crippen LogP contribution in [-0.4, -0.2) is 0 Å². The molecular weight excluding hydrogens is 300 g/mol. The molecule has 1 saturated carbocycles. The summed E-state index contributed by atoms with van der Waals surface area (Å²) in [7, 11) is 0. The van der Waals surface area contributed by atoms with E-state index >= 15 is 0 Å². The van der Waals surface area contributed by atoms with E-state index in [0.29, 0.717) is 5.41 Å². The minimum atomic E-state index is 0.423. The van der Waals surface area contributed by atoms with Crippen LogP contribution in [0.2, 0.25) is 0 Å². The van der Waals surface area contributed by atoms with Crippen LogP contribution in [0.3, 0.4) is 0 Å². The average Bonchev–Trinajstić information content (AvgIpc) is 2.69. The Morgan fingerprint density at radius 3 is 2.32 bits per heavy atom. The van der Waals surface area contributed by atoms with Gasteiger partial charge in [0.05, 0.1) is 0 Å². The third-order valence-electron chi connectivity index (χ3n) is 6.94. The first-order valence-corrected chi connectivity index (χ1v) is 10.7. The smallest absolute Gasteiger partial charge is 0.00545 e. The van der Waals surface area contributed by atoms with Crippen LogP contribution in [0.1, 0.15) is 83.6 Å². The van der Waals surface area contributed by atoms with Crippen molar-refractivity contribution in [3.8, 4) is 0 Å². The Morgan fingerprint density at radius 2 is 1.72 bits per heavy atom. The van der Waals surface area contributed by atoms with E-state index in [-0.39, 0.29) is 0 Å². The summed E-state index contributed by atoms with van der Waals surface area (Å²) < 4.78 is 0. The van der Waals surface area contributed by atoms with Crippen LogP contribution >= 0.6 is 0 Å². The Morgan fingerprint density at radius 1 is 0.960 bits per heavy atom. The first-order valence-electron chi connectivity index (χ1n) is 10.7. The second-order valence-corrected chi connectivity index (χ2v) is 8.36. The van der Waals surface area contributed by atoms with Crippen molar-refractivity contribution in [1.82, 2.24) is 0 Å². The molecule has 25 heavy (non-hydrogen) atoms. The average molecular weight is 337 g/mol. The summed E-state index contributed by atoms with van der Waals surface area (Å²) in [4.78, 5) is 0. The molecule has 1 unspecified atom stereocenters. The highest BCUT2D eigenvalue weighted by Crippen LogP contribution is 2.49. The minimum Gasteiger partial charge on any atom is -0.0771 e. The van der Waals surface area contributed by atoms with Crippen LogP contribution in [-0.2, 0) is 0 Å². The summed E-state index contributed by atoms with van der Waals surface area (Å²) in [5, 5.41) is 0. The number of unbranched alkanes of at least 4 members (excludes halogenated alkanes) is 2. The Hall–Kier alpha value is -1.30. The van der Waals surface area contributed by atoms with Gasteiger partial charge in [-0.25, -0.2) is 0 Å². The van der Waals surface area contributed by atoms with E-state index in [0.717, 1.165) is 11.8 Å². The molecule has 1 aromatic carbocycles. The topological polar surface area (TPSA) is 0 Å². The molecule has 1 aromatic rings. The van der Waals surface area contributed by atoms with Crippen LogP contribution in [0.25, 0.3) is 5.57 Å². The zero-order valence-corrected chi connectivity index (χ0v) is 16.3. The number of hydrogen-bond donors (Lipinski definition) is 0. The highest BCUT2D eigenvalue weighted by Gasteiger charge is 2.37. The molecule has 0 N–H and O–H groups in total. The molecule has 0 heterocycles. The number of benzene rings is 1. The zero-order chi connectivity index (χ0) is 17.5. The van der Waals surface area contributed by atoms with E-state index in [1.807, 2.05) is 0 Å². The molecule has 136 valence electrons. The van der Waals surface area contributed by atoms with Crippen LogP contribution in [0, 0.1) is 17.3 Å². The second kappa shape index (κ2) is 8.88. The zero-order valence-electron chi connectivity index (χ0n) is 16.3. The van der Waals surface area contributed by atoms with Gasteiger partial charge < -0.3 is 0 Å². The third-order valence-corrected chi connectivity index (χ3v) is 6.94. The third kappa shape index (κ3) is 4.46. The standard InChI is InChI=1S/C25H36/c1-3-5-7-10-21-13-15-24(16-14-21)25(4-2)19-17-23(18-20-25)22-11-8-6-9-12-22/h6,8-9,11-12,17-19,21,24H,3-5,7,10,13-16,20H2,1-2H3. The van der Waals surface area contributed by atoms with Gasteiger partial charge in [-0.15, -0.1) is 0 Å². The first kappa shape index (κ1) is 18.5. The van der Waals surface area contributed by atoms with E-state index in [4.69, 9.17) is 0 Å². The van der Waals surface area contributed by atoms with Crippen molar-refractivity contribution in [3.63, 3.8) is 0 Å². The van der Waals surface area contributed by atoms with Crippen LogP contribution in [0.5, 0.6) is 0 Å². The second-order valence-electron chi connectivity index (χ2n) is 8.36. The summed E-state index contributed by atoms with van der Waals surface area (Å²) >= 11 is 0. The van der Waals surface area contributed by atoms with Crippen molar-refractivity contribution in [3.05, 3.63) is 54.1 Å². The molecule has 2 aliphatic rings. The highest BCUT2D eigenvalue weighted by molar-refractivity contribution is 5.75. The fraction of sp³-hybridized carbons (Fsp3) is 0.600. The lowest BCUT2D eigenvalue weighted by Gasteiger charge is -2.43. The molecule has 0 nitrogen and oxygen atoms in total. The molecule has 0 bridgehead atoms. The van der Waals surface area contributed by atoms with E-state index in [1.165, 1.54) is 75.3 Å². The fourth-order valence-electron chi connectivity index (χ4n) is 5.10. The number of hydrogen-bond acceptors (Lipinski definition) is 0. The van der Waals surface area contributed by atoms with E-state index in [1.54, 1.807) is 0 Å². The summed E-state index contributed by atoms with van der Waals surface area (Å²) in [6.45, 7) is 4.72. The molecule has 0 radical (unpaired) electrons. The van der Waals surface area contributed by atoms with E-state index < -0.39 is 0 Å². The van der Waals surface area contributed by atoms with Gasteiger partial charge in [-0.1, -0.05) is 101 Å². The SMILES string of the molecule is CCCCCC1CCC(C2(CC)C=CC(c3ccccc3)=CC2)CC1. The van der Waals surface area contributed by atoms with Gasteiger partial charge in [-0.2, -0.15) is 0 Å². The maximum absolute atomic E-state index is 2.58. The van der Waals surface area contributed by atoms with E-state index in [2.05, 4.69) is 62.4 Å². The summed E-state index contributed by atoms with van der Waals surface area (Å²) in [5.74, 6) is 1.91. The molecule has 0 aromatic heterocycles. The first-order chi connectivity index (χ1) is 12.3. The Labute approximate surface area is 155 Å². The molecule has 0 aliphatic heterocycles. The van der Waals surface area contributed by atoms with Crippen molar-refractivity contribution in [2.24, 2.45) is 17.3 Å². The van der Waals surface area contributed by atoms with Crippen molar-refractivity contribution in [2.45, 2.75) is 78.1 Å². The van der Waals surface area contributed by atoms with Crippen molar-refractivity contribution in [1.29, 1.82) is 0 Å². The Kier molecular flexibility index (Phi) is 6.57.